The van der Waals surface area contributed by atoms with Crippen molar-refractivity contribution >= 4 is 26.8 Å². The first-order valence-electron chi connectivity index (χ1n) is 7.23. The van der Waals surface area contributed by atoms with Crippen LogP contribution in [0.15, 0.2) is 30.5 Å². The molecule has 1 aromatic carbocycles. The Balaban J connectivity index is 1.49. The molecule has 118 valence electrons. The number of benzene rings is 1. The van der Waals surface area contributed by atoms with Gasteiger partial charge in [-0.05, 0) is 18.1 Å². The fourth-order valence-corrected chi connectivity index (χ4v) is 3.58. The number of sulfonamides is 1. The second-order valence-corrected chi connectivity index (χ2v) is 7.66. The Kier molecular flexibility index (Phi) is 3.92. The molecule has 0 atom stereocenters. The average Bonchev–Trinajstić information content (AvgIpc) is 2.79. The quantitative estimate of drug-likeness (QED) is 0.851. The highest BCUT2D eigenvalue weighted by atomic mass is 32.2. The van der Waals surface area contributed by atoms with Gasteiger partial charge in [0, 0.05) is 36.7 Å². The van der Waals surface area contributed by atoms with Crippen LogP contribution in [-0.2, 0) is 21.2 Å². The monoisotopic (exact) mass is 321 g/mol. The van der Waals surface area contributed by atoms with Crippen LogP contribution in [-0.4, -0.2) is 49.5 Å². The van der Waals surface area contributed by atoms with Crippen LogP contribution in [0.4, 0.5) is 0 Å². The molecule has 3 rings (SSSR count). The number of nitrogens with one attached hydrogen (secondary N) is 2. The first-order chi connectivity index (χ1) is 10.4. The van der Waals surface area contributed by atoms with Crippen LogP contribution in [0.3, 0.4) is 0 Å². The zero-order valence-corrected chi connectivity index (χ0v) is 13.2. The van der Waals surface area contributed by atoms with Crippen LogP contribution in [0.1, 0.15) is 5.56 Å². The molecule has 0 radical (unpaired) electrons. The van der Waals surface area contributed by atoms with Crippen molar-refractivity contribution in [1.29, 1.82) is 0 Å². The van der Waals surface area contributed by atoms with Crippen LogP contribution in [0.5, 0.6) is 0 Å². The summed E-state index contributed by atoms with van der Waals surface area (Å²) in [5, 5.41) is 4.06. The summed E-state index contributed by atoms with van der Waals surface area (Å²) in [7, 11) is -3.16. The molecule has 6 nitrogen and oxygen atoms in total. The predicted octanol–water partition coefficient (Wildman–Crippen LogP) is 0.718. The molecule has 0 unspecified atom stereocenters. The molecule has 1 aromatic heterocycles. The van der Waals surface area contributed by atoms with Crippen molar-refractivity contribution in [3.63, 3.8) is 0 Å². The van der Waals surface area contributed by atoms with Crippen molar-refractivity contribution in [2.75, 3.05) is 25.9 Å². The SMILES string of the molecule is CS(=O)(=O)N1CC(C(=O)NCCc2c[nH]c3ccccc23)C1. The summed E-state index contributed by atoms with van der Waals surface area (Å²) in [6, 6.07) is 8.05. The standard InChI is InChI=1S/C15H19N3O3S/c1-22(20,21)18-9-12(10-18)15(19)16-7-6-11-8-17-14-5-3-2-4-13(11)14/h2-5,8,12,17H,6-7,9-10H2,1H3,(H,16,19). The fourth-order valence-electron chi connectivity index (χ4n) is 2.68. The Morgan fingerprint density at radius 1 is 1.36 bits per heavy atom. The van der Waals surface area contributed by atoms with Crippen LogP contribution in [0, 0.1) is 5.92 Å². The van der Waals surface area contributed by atoms with Crippen molar-refractivity contribution in [2.45, 2.75) is 6.42 Å². The van der Waals surface area contributed by atoms with Crippen molar-refractivity contribution in [3.8, 4) is 0 Å². The van der Waals surface area contributed by atoms with E-state index in [1.54, 1.807) is 0 Å². The Morgan fingerprint density at radius 2 is 2.09 bits per heavy atom. The largest absolute Gasteiger partial charge is 0.361 e. The molecule has 0 saturated carbocycles. The van der Waals surface area contributed by atoms with Crippen molar-refractivity contribution < 1.29 is 13.2 Å². The molecule has 22 heavy (non-hydrogen) atoms. The number of fused-ring (bicyclic) bond motifs is 1. The molecule has 1 aliphatic rings. The summed E-state index contributed by atoms with van der Waals surface area (Å²) in [6.45, 7) is 1.13. The molecule has 2 aromatic rings. The summed E-state index contributed by atoms with van der Waals surface area (Å²) in [5.74, 6) is -0.294. The molecule has 1 saturated heterocycles. The van der Waals surface area contributed by atoms with E-state index in [0.717, 1.165) is 18.2 Å². The maximum absolute atomic E-state index is 11.9. The van der Waals surface area contributed by atoms with Gasteiger partial charge in [0.2, 0.25) is 15.9 Å². The first kappa shape index (κ1) is 15.1. The van der Waals surface area contributed by atoms with Crippen LogP contribution < -0.4 is 5.32 Å². The molecule has 2 heterocycles. The molecule has 0 spiro atoms. The van der Waals surface area contributed by atoms with E-state index in [4.69, 9.17) is 0 Å². The topological polar surface area (TPSA) is 82.3 Å². The number of carbonyl (C=O) groups excluding carboxylic acids is 1. The van der Waals surface area contributed by atoms with Gasteiger partial charge in [-0.25, -0.2) is 12.7 Å². The number of H-pyrrole nitrogens is 1. The predicted molar refractivity (Wildman–Crippen MR) is 84.9 cm³/mol. The smallest absolute Gasteiger partial charge is 0.225 e. The lowest BCUT2D eigenvalue weighted by Gasteiger charge is -2.35. The van der Waals surface area contributed by atoms with E-state index in [9.17, 15) is 13.2 Å². The number of rotatable bonds is 5. The van der Waals surface area contributed by atoms with Gasteiger partial charge in [-0.3, -0.25) is 4.79 Å². The lowest BCUT2D eigenvalue weighted by molar-refractivity contribution is -0.128. The molecule has 1 amide bonds. The van der Waals surface area contributed by atoms with Gasteiger partial charge >= 0.3 is 0 Å². The third-order valence-electron chi connectivity index (χ3n) is 4.06. The number of para-hydroxylation sites is 1. The minimum Gasteiger partial charge on any atom is -0.361 e. The Labute approximate surface area is 129 Å². The van der Waals surface area contributed by atoms with E-state index in [0.29, 0.717) is 6.54 Å². The van der Waals surface area contributed by atoms with Crippen LogP contribution in [0.25, 0.3) is 10.9 Å². The minimum atomic E-state index is -3.16. The zero-order chi connectivity index (χ0) is 15.7. The highest BCUT2D eigenvalue weighted by Gasteiger charge is 2.37. The third-order valence-corrected chi connectivity index (χ3v) is 5.29. The van der Waals surface area contributed by atoms with E-state index in [2.05, 4.69) is 16.4 Å². The van der Waals surface area contributed by atoms with Gasteiger partial charge in [-0.15, -0.1) is 0 Å². The van der Waals surface area contributed by atoms with Gasteiger partial charge in [0.05, 0.1) is 12.2 Å². The first-order valence-corrected chi connectivity index (χ1v) is 9.08. The number of aromatic nitrogens is 1. The molecule has 7 heteroatoms. The Morgan fingerprint density at radius 3 is 2.82 bits per heavy atom. The highest BCUT2D eigenvalue weighted by Crippen LogP contribution is 2.19. The molecule has 1 aliphatic heterocycles. The van der Waals surface area contributed by atoms with Gasteiger partial charge in [-0.1, -0.05) is 18.2 Å². The van der Waals surface area contributed by atoms with Gasteiger partial charge in [0.1, 0.15) is 0 Å². The molecule has 1 fully saturated rings. The summed E-state index contributed by atoms with van der Waals surface area (Å²) in [4.78, 5) is 15.2. The van der Waals surface area contributed by atoms with Gasteiger partial charge < -0.3 is 10.3 Å². The number of nitrogens with zero attached hydrogens (tertiary/aromatic N) is 1. The molecular weight excluding hydrogens is 302 g/mol. The molecule has 2 N–H and O–H groups in total. The Bertz CT molecular complexity index is 791. The van der Waals surface area contributed by atoms with Gasteiger partial charge in [-0.2, -0.15) is 0 Å². The highest BCUT2D eigenvalue weighted by molar-refractivity contribution is 7.88. The fraction of sp³-hybridized carbons (Fsp3) is 0.400. The number of aromatic amines is 1. The summed E-state index contributed by atoms with van der Waals surface area (Å²) in [6.07, 6.45) is 3.88. The molecular formula is C15H19N3O3S. The molecule has 0 aliphatic carbocycles. The van der Waals surface area contributed by atoms with Crippen LogP contribution >= 0.6 is 0 Å². The maximum atomic E-state index is 11.9. The number of hydrogen-bond acceptors (Lipinski definition) is 3. The number of hydrogen-bond donors (Lipinski definition) is 2. The second-order valence-electron chi connectivity index (χ2n) is 5.68. The zero-order valence-electron chi connectivity index (χ0n) is 12.4. The van der Waals surface area contributed by atoms with Gasteiger partial charge in [0.15, 0.2) is 0 Å². The van der Waals surface area contributed by atoms with E-state index >= 15 is 0 Å². The van der Waals surface area contributed by atoms with Crippen LogP contribution in [0.2, 0.25) is 0 Å². The summed E-state index contributed by atoms with van der Waals surface area (Å²) in [5.41, 5.74) is 2.26. The van der Waals surface area contributed by atoms with Gasteiger partial charge in [0.25, 0.3) is 0 Å². The Hall–Kier alpha value is -1.86. The average molecular weight is 321 g/mol. The van der Waals surface area contributed by atoms with E-state index in [-0.39, 0.29) is 24.9 Å². The summed E-state index contributed by atoms with van der Waals surface area (Å²) < 4.78 is 23.8. The maximum Gasteiger partial charge on any atom is 0.225 e. The van der Waals surface area contributed by atoms with Crippen molar-refractivity contribution in [3.05, 3.63) is 36.0 Å². The number of carbonyl (C=O) groups is 1. The normalized spacial score (nSPS) is 16.6. The summed E-state index contributed by atoms with van der Waals surface area (Å²) >= 11 is 0. The van der Waals surface area contributed by atoms with Crippen molar-refractivity contribution in [2.24, 2.45) is 5.92 Å². The second kappa shape index (κ2) is 5.73. The third kappa shape index (κ3) is 3.00. The molecule has 0 bridgehead atoms. The minimum absolute atomic E-state index is 0.0697. The lowest BCUT2D eigenvalue weighted by atomic mass is 10.0. The van der Waals surface area contributed by atoms with E-state index in [1.165, 1.54) is 15.3 Å². The van der Waals surface area contributed by atoms with Crippen molar-refractivity contribution in [1.82, 2.24) is 14.6 Å². The lowest BCUT2D eigenvalue weighted by Crippen LogP contribution is -2.55. The number of amides is 1. The van der Waals surface area contributed by atoms with E-state index < -0.39 is 10.0 Å². The van der Waals surface area contributed by atoms with E-state index in [1.807, 2.05) is 24.4 Å².